The third kappa shape index (κ3) is 1.76. The quantitative estimate of drug-likeness (QED) is 0.446. The van der Waals surface area contributed by atoms with Gasteiger partial charge < -0.3 is 4.74 Å². The van der Waals surface area contributed by atoms with Gasteiger partial charge in [0.25, 0.3) is 5.91 Å². The van der Waals surface area contributed by atoms with E-state index in [2.05, 4.69) is 10.1 Å². The summed E-state index contributed by atoms with van der Waals surface area (Å²) >= 11 is 0. The number of fused-ring (bicyclic) bond motifs is 2. The van der Waals surface area contributed by atoms with E-state index in [9.17, 15) is 22.8 Å². The molecule has 2 aliphatic heterocycles. The van der Waals surface area contributed by atoms with Gasteiger partial charge in [0.05, 0.1) is 12.0 Å². The lowest BCUT2D eigenvalue weighted by molar-refractivity contribution is -0.154. The van der Waals surface area contributed by atoms with Gasteiger partial charge in [0, 0.05) is 11.6 Å². The average Bonchev–Trinajstić information content (AvgIpc) is 2.89. The summed E-state index contributed by atoms with van der Waals surface area (Å²) in [7, 11) is -2.97. The van der Waals surface area contributed by atoms with Crippen LogP contribution in [0.2, 0.25) is 0 Å². The van der Waals surface area contributed by atoms with E-state index in [0.717, 1.165) is 11.4 Å². The summed E-state index contributed by atoms with van der Waals surface area (Å²) in [6, 6.07) is 5.23. The van der Waals surface area contributed by atoms with Gasteiger partial charge in [-0.15, -0.1) is 0 Å². The highest BCUT2D eigenvalue weighted by Crippen LogP contribution is 2.52. The highest BCUT2D eigenvalue weighted by Gasteiger charge is 2.71. The molecule has 0 radical (unpaired) electrons. The first-order valence-corrected chi connectivity index (χ1v) is 8.71. The van der Waals surface area contributed by atoms with Crippen LogP contribution in [0, 0.1) is 5.92 Å². The molecule has 0 aromatic heterocycles. The van der Waals surface area contributed by atoms with Crippen LogP contribution in [0.15, 0.2) is 29.2 Å². The number of nitrogens with one attached hydrogen (secondary N) is 1. The van der Waals surface area contributed by atoms with Crippen molar-refractivity contribution in [3.8, 4) is 0 Å². The number of rotatable bonds is 2. The Bertz CT molecular complexity index is 862. The van der Waals surface area contributed by atoms with Crippen molar-refractivity contribution in [1.29, 1.82) is 0 Å². The van der Waals surface area contributed by atoms with Gasteiger partial charge in [0.2, 0.25) is 15.9 Å². The van der Waals surface area contributed by atoms with Crippen molar-refractivity contribution in [2.45, 2.75) is 30.3 Å². The van der Waals surface area contributed by atoms with E-state index in [0.29, 0.717) is 0 Å². The molecule has 2 heterocycles. The summed E-state index contributed by atoms with van der Waals surface area (Å²) in [5.41, 5.74) is -1.86. The number of imide groups is 1. The van der Waals surface area contributed by atoms with E-state index in [1.165, 1.54) is 18.2 Å². The maximum Gasteiger partial charge on any atom is 0.321 e. The predicted molar refractivity (Wildman–Crippen MR) is 80.9 cm³/mol. The molecule has 2 amide bonds. The lowest BCUT2D eigenvalue weighted by atomic mass is 9.79. The number of benzene rings is 1. The van der Waals surface area contributed by atoms with E-state index >= 15 is 0 Å². The molecule has 1 spiro atoms. The van der Waals surface area contributed by atoms with E-state index in [1.54, 1.807) is 19.9 Å². The number of sulfonamides is 1. The Balaban J connectivity index is 2.44. The Morgan fingerprint density at radius 1 is 1.29 bits per heavy atom. The van der Waals surface area contributed by atoms with E-state index in [4.69, 9.17) is 0 Å². The smallest absolute Gasteiger partial charge is 0.321 e. The number of hydrogen-bond acceptors (Lipinski definition) is 6. The van der Waals surface area contributed by atoms with E-state index in [-0.39, 0.29) is 10.5 Å². The molecule has 1 aromatic carbocycles. The monoisotopic (exact) mass is 352 g/mol. The number of carbonyl (C=O) groups excluding carboxylic acids is 3. The van der Waals surface area contributed by atoms with Crippen LogP contribution >= 0.6 is 0 Å². The molecule has 128 valence electrons. The van der Waals surface area contributed by atoms with Crippen molar-refractivity contribution in [2.24, 2.45) is 5.92 Å². The molecule has 8 nitrogen and oxygen atoms in total. The van der Waals surface area contributed by atoms with Crippen LogP contribution < -0.4 is 5.32 Å². The Morgan fingerprint density at radius 3 is 2.50 bits per heavy atom. The van der Waals surface area contributed by atoms with Crippen LogP contribution in [0.25, 0.3) is 0 Å². The number of carbonyl (C=O) groups is 3. The Morgan fingerprint density at radius 2 is 1.92 bits per heavy atom. The fraction of sp³-hybridized carbons (Fsp3) is 0.400. The lowest BCUT2D eigenvalue weighted by Gasteiger charge is -2.36. The predicted octanol–water partition coefficient (Wildman–Crippen LogP) is -0.260. The third-order valence-corrected chi connectivity index (χ3v) is 6.49. The number of esters is 1. The summed E-state index contributed by atoms with van der Waals surface area (Å²) in [6.45, 7) is 3.16. The van der Waals surface area contributed by atoms with Gasteiger partial charge in [-0.05, 0) is 19.9 Å². The molecule has 1 saturated heterocycles. The van der Waals surface area contributed by atoms with Crippen LogP contribution in [0.1, 0.15) is 19.4 Å². The van der Waals surface area contributed by atoms with Crippen LogP contribution in [0.4, 0.5) is 0 Å². The number of hydrogen-bond donors (Lipinski definition) is 1. The lowest BCUT2D eigenvalue weighted by Crippen LogP contribution is -2.57. The standard InChI is InChI=1S/C15H16N2O6S/c1-8(2)17-15(9-6-4-5-7-10(9)24(17,21)22)11(13(19)23-3)12(18)16-14(15)20/h4-8,11H,1-3H3,(H,16,18,20). The molecule has 0 saturated carbocycles. The summed E-state index contributed by atoms with van der Waals surface area (Å²) in [6.07, 6.45) is 0. The zero-order valence-corrected chi connectivity index (χ0v) is 14.1. The molecule has 1 N–H and O–H groups in total. The Kier molecular flexibility index (Phi) is 3.54. The minimum absolute atomic E-state index is 0.0857. The molecule has 2 atom stereocenters. The van der Waals surface area contributed by atoms with Crippen molar-refractivity contribution in [2.75, 3.05) is 7.11 Å². The first-order chi connectivity index (χ1) is 11.2. The zero-order valence-electron chi connectivity index (χ0n) is 13.3. The summed E-state index contributed by atoms with van der Waals surface area (Å²) in [5.74, 6) is -4.28. The Labute approximate surface area is 138 Å². The molecule has 9 heteroatoms. The molecule has 3 rings (SSSR count). The zero-order chi connectivity index (χ0) is 17.9. The number of amides is 2. The molecular weight excluding hydrogens is 336 g/mol. The molecule has 24 heavy (non-hydrogen) atoms. The minimum Gasteiger partial charge on any atom is -0.468 e. The minimum atomic E-state index is -4.06. The van der Waals surface area contributed by atoms with Gasteiger partial charge in [-0.2, -0.15) is 4.31 Å². The number of nitrogens with zero attached hydrogens (tertiary/aromatic N) is 1. The first-order valence-electron chi connectivity index (χ1n) is 7.27. The van der Waals surface area contributed by atoms with Gasteiger partial charge in [0.15, 0.2) is 11.5 Å². The van der Waals surface area contributed by atoms with Crippen molar-refractivity contribution < 1.29 is 27.5 Å². The van der Waals surface area contributed by atoms with Gasteiger partial charge >= 0.3 is 5.97 Å². The second-order valence-electron chi connectivity index (χ2n) is 5.93. The average molecular weight is 352 g/mol. The molecular formula is C15H16N2O6S. The van der Waals surface area contributed by atoms with Gasteiger partial charge in [-0.1, -0.05) is 18.2 Å². The van der Waals surface area contributed by atoms with Crippen molar-refractivity contribution in [1.82, 2.24) is 9.62 Å². The molecule has 2 aliphatic rings. The molecule has 2 unspecified atom stereocenters. The Hall–Kier alpha value is -2.26. The van der Waals surface area contributed by atoms with Gasteiger partial charge in [-0.25, -0.2) is 8.42 Å². The topological polar surface area (TPSA) is 110 Å². The largest absolute Gasteiger partial charge is 0.468 e. The third-order valence-electron chi connectivity index (χ3n) is 4.35. The van der Waals surface area contributed by atoms with Crippen molar-refractivity contribution in [3.05, 3.63) is 29.8 Å². The molecule has 0 aliphatic carbocycles. The van der Waals surface area contributed by atoms with E-state index < -0.39 is 45.3 Å². The fourth-order valence-electron chi connectivity index (χ4n) is 3.61. The summed E-state index contributed by atoms with van der Waals surface area (Å²) < 4.78 is 31.6. The van der Waals surface area contributed by atoms with Gasteiger partial charge in [-0.3, -0.25) is 19.7 Å². The van der Waals surface area contributed by atoms with Gasteiger partial charge in [0.1, 0.15) is 0 Å². The first kappa shape index (κ1) is 16.6. The summed E-state index contributed by atoms with van der Waals surface area (Å²) in [4.78, 5) is 37.2. The maximum absolute atomic E-state index is 13.0. The number of methoxy groups -OCH3 is 1. The van der Waals surface area contributed by atoms with Crippen molar-refractivity contribution >= 4 is 27.8 Å². The van der Waals surface area contributed by atoms with Crippen LogP contribution in [0.3, 0.4) is 0 Å². The molecule has 0 bridgehead atoms. The maximum atomic E-state index is 13.0. The van der Waals surface area contributed by atoms with E-state index in [1.807, 2.05) is 0 Å². The van der Waals surface area contributed by atoms with Crippen LogP contribution in [0.5, 0.6) is 0 Å². The normalized spacial score (nSPS) is 28.2. The molecule has 1 aromatic rings. The second-order valence-corrected chi connectivity index (χ2v) is 7.72. The van der Waals surface area contributed by atoms with Crippen LogP contribution in [-0.2, 0) is 34.7 Å². The highest BCUT2D eigenvalue weighted by atomic mass is 32.2. The second kappa shape index (κ2) is 5.12. The highest BCUT2D eigenvalue weighted by molar-refractivity contribution is 7.89. The number of ether oxygens (including phenoxy) is 1. The van der Waals surface area contributed by atoms with Crippen molar-refractivity contribution in [3.63, 3.8) is 0 Å². The molecule has 1 fully saturated rings. The SMILES string of the molecule is COC(=O)C1C(=O)NC(=O)C12c1ccccc1S(=O)(=O)N2C(C)C. The fourth-order valence-corrected chi connectivity index (χ4v) is 5.79. The van der Waals surface area contributed by atoms with Crippen LogP contribution in [-0.4, -0.2) is 43.7 Å². The summed E-state index contributed by atoms with van der Waals surface area (Å²) in [5, 5.41) is 2.09.